The number of sulfonamides is 1. The number of nitrogens with one attached hydrogen (secondary N) is 2. The Balaban J connectivity index is 0.000000648. The van der Waals surface area contributed by atoms with Crippen LogP contribution in [0.15, 0.2) is 23.1 Å². The van der Waals surface area contributed by atoms with Gasteiger partial charge in [0.25, 0.3) is 5.09 Å². The molecule has 1 aromatic rings. The zero-order valence-electron chi connectivity index (χ0n) is 12.9. The van der Waals surface area contributed by atoms with Crippen LogP contribution in [0.2, 0.25) is 0 Å². The van der Waals surface area contributed by atoms with Gasteiger partial charge in [0.05, 0.1) is 18.1 Å². The SMILES string of the molecule is Cc1ccc(NC(=N)N)cc1S(=O)(=O)N1CCOCC1.O=[N+]([O-])O. The summed E-state index contributed by atoms with van der Waals surface area (Å²) < 4.78 is 31.8. The van der Waals surface area contributed by atoms with Crippen molar-refractivity contribution >= 4 is 21.7 Å². The van der Waals surface area contributed by atoms with Crippen molar-refractivity contribution in [1.82, 2.24) is 4.31 Å². The van der Waals surface area contributed by atoms with Gasteiger partial charge >= 0.3 is 0 Å². The molecule has 11 nitrogen and oxygen atoms in total. The van der Waals surface area contributed by atoms with Gasteiger partial charge in [-0.3, -0.25) is 5.41 Å². The van der Waals surface area contributed by atoms with Gasteiger partial charge in [0.15, 0.2) is 5.96 Å². The number of benzene rings is 1. The van der Waals surface area contributed by atoms with Crippen LogP contribution in [0.4, 0.5) is 5.69 Å². The van der Waals surface area contributed by atoms with E-state index in [0.29, 0.717) is 37.6 Å². The minimum Gasteiger partial charge on any atom is -0.379 e. The summed E-state index contributed by atoms with van der Waals surface area (Å²) in [4.78, 5) is 8.59. The van der Waals surface area contributed by atoms with Crippen LogP contribution in [-0.2, 0) is 14.8 Å². The first-order chi connectivity index (χ1) is 11.1. The van der Waals surface area contributed by atoms with Crippen molar-refractivity contribution in [2.24, 2.45) is 5.73 Å². The minimum absolute atomic E-state index is 0.227. The van der Waals surface area contributed by atoms with E-state index in [1.807, 2.05) is 0 Å². The van der Waals surface area contributed by atoms with Crippen molar-refractivity contribution in [1.29, 1.82) is 5.41 Å². The summed E-state index contributed by atoms with van der Waals surface area (Å²) in [6, 6.07) is 4.88. The Kier molecular flexibility index (Phi) is 6.88. The summed E-state index contributed by atoms with van der Waals surface area (Å²) in [5.74, 6) is -0.233. The highest BCUT2D eigenvalue weighted by Gasteiger charge is 2.27. The van der Waals surface area contributed by atoms with Crippen molar-refractivity contribution in [3.05, 3.63) is 33.9 Å². The molecule has 5 N–H and O–H groups in total. The van der Waals surface area contributed by atoms with E-state index in [0.717, 1.165) is 0 Å². The molecule has 0 unspecified atom stereocenters. The Morgan fingerprint density at radius 3 is 2.50 bits per heavy atom. The lowest BCUT2D eigenvalue weighted by Gasteiger charge is -2.26. The number of hydrogen-bond acceptors (Lipinski definition) is 6. The smallest absolute Gasteiger partial charge is 0.291 e. The largest absolute Gasteiger partial charge is 0.379 e. The van der Waals surface area contributed by atoms with E-state index in [9.17, 15) is 8.42 Å². The first-order valence-corrected chi connectivity index (χ1v) is 8.21. The van der Waals surface area contributed by atoms with Crippen LogP contribution >= 0.6 is 0 Å². The molecule has 1 heterocycles. The van der Waals surface area contributed by atoms with E-state index in [2.05, 4.69) is 5.32 Å². The first-order valence-electron chi connectivity index (χ1n) is 6.77. The van der Waals surface area contributed by atoms with Gasteiger partial charge in [-0.1, -0.05) is 6.07 Å². The molecule has 0 aromatic heterocycles. The number of rotatable bonds is 3. The molecular weight excluding hydrogens is 342 g/mol. The fraction of sp³-hybridized carbons (Fsp3) is 0.417. The molecule has 1 aliphatic heterocycles. The summed E-state index contributed by atoms with van der Waals surface area (Å²) in [5, 5.41) is 23.4. The molecule has 1 saturated heterocycles. The molecule has 0 saturated carbocycles. The molecule has 0 spiro atoms. The molecule has 12 heteroatoms. The average molecular weight is 361 g/mol. The highest BCUT2D eigenvalue weighted by Crippen LogP contribution is 2.24. The number of aryl methyl sites for hydroxylation is 1. The van der Waals surface area contributed by atoms with Gasteiger partial charge in [0, 0.05) is 18.8 Å². The third kappa shape index (κ3) is 5.64. The highest BCUT2D eigenvalue weighted by atomic mass is 32.2. The van der Waals surface area contributed by atoms with Crippen LogP contribution in [0.5, 0.6) is 0 Å². The number of ether oxygens (including phenoxy) is 1. The number of guanidine groups is 1. The van der Waals surface area contributed by atoms with Crippen molar-refractivity contribution < 1.29 is 23.4 Å². The van der Waals surface area contributed by atoms with Crippen LogP contribution in [0.1, 0.15) is 5.56 Å². The second-order valence-corrected chi connectivity index (χ2v) is 6.68. The number of morpholine rings is 1. The van der Waals surface area contributed by atoms with Crippen molar-refractivity contribution in [3.8, 4) is 0 Å². The summed E-state index contributed by atoms with van der Waals surface area (Å²) in [6.45, 7) is 3.26. The summed E-state index contributed by atoms with van der Waals surface area (Å²) in [5.41, 5.74) is 6.40. The van der Waals surface area contributed by atoms with Gasteiger partial charge in [-0.2, -0.15) is 4.31 Å². The number of hydrogen-bond donors (Lipinski definition) is 4. The third-order valence-electron chi connectivity index (χ3n) is 3.06. The fourth-order valence-corrected chi connectivity index (χ4v) is 3.70. The molecule has 1 aliphatic rings. The Bertz CT molecular complexity index is 698. The highest BCUT2D eigenvalue weighted by molar-refractivity contribution is 7.89. The van der Waals surface area contributed by atoms with Gasteiger partial charge in [-0.05, 0) is 24.6 Å². The van der Waals surface area contributed by atoms with Crippen LogP contribution in [-0.4, -0.2) is 55.3 Å². The minimum atomic E-state index is -3.55. The van der Waals surface area contributed by atoms with Crippen LogP contribution < -0.4 is 11.1 Å². The molecule has 0 aliphatic carbocycles. The van der Waals surface area contributed by atoms with E-state index >= 15 is 0 Å². The van der Waals surface area contributed by atoms with Crippen LogP contribution in [0.25, 0.3) is 0 Å². The van der Waals surface area contributed by atoms with E-state index in [-0.39, 0.29) is 10.9 Å². The Labute approximate surface area is 138 Å². The molecule has 24 heavy (non-hydrogen) atoms. The summed E-state index contributed by atoms with van der Waals surface area (Å²) in [6.07, 6.45) is 0. The predicted octanol–water partition coefficient (Wildman–Crippen LogP) is -0.0264. The van der Waals surface area contributed by atoms with Crippen molar-refractivity contribution in [3.63, 3.8) is 0 Å². The quantitative estimate of drug-likeness (QED) is 0.251. The second kappa shape index (κ2) is 8.42. The molecule has 0 atom stereocenters. The van der Waals surface area contributed by atoms with Crippen LogP contribution in [0.3, 0.4) is 0 Å². The van der Waals surface area contributed by atoms with Gasteiger partial charge in [-0.25, -0.2) is 8.42 Å². The van der Waals surface area contributed by atoms with E-state index in [1.54, 1.807) is 19.1 Å². The second-order valence-electron chi connectivity index (χ2n) is 4.77. The predicted molar refractivity (Wildman–Crippen MR) is 85.1 cm³/mol. The third-order valence-corrected chi connectivity index (χ3v) is 5.10. The monoisotopic (exact) mass is 361 g/mol. The lowest BCUT2D eigenvalue weighted by atomic mass is 10.2. The Morgan fingerprint density at radius 1 is 1.46 bits per heavy atom. The summed E-state index contributed by atoms with van der Waals surface area (Å²) in [7, 11) is -3.55. The zero-order chi connectivity index (χ0) is 18.3. The van der Waals surface area contributed by atoms with Crippen LogP contribution in [0, 0.1) is 22.4 Å². The lowest BCUT2D eigenvalue weighted by molar-refractivity contribution is -0.742. The zero-order valence-corrected chi connectivity index (χ0v) is 13.7. The lowest BCUT2D eigenvalue weighted by Crippen LogP contribution is -2.40. The average Bonchev–Trinajstić information content (AvgIpc) is 2.49. The molecule has 1 aromatic carbocycles. The standard InChI is InChI=1S/C12H18N4O3S.HNO3/c1-9-2-3-10(15-12(13)14)8-11(9)20(17,18)16-4-6-19-7-5-16;2-1(3)4/h2-3,8H,4-7H2,1H3,(H4,13,14,15);(H,2,3,4). The molecule has 2 rings (SSSR count). The molecule has 1 fully saturated rings. The van der Waals surface area contributed by atoms with Gasteiger partial charge in [-0.15, -0.1) is 10.1 Å². The van der Waals surface area contributed by atoms with Crippen molar-refractivity contribution in [2.45, 2.75) is 11.8 Å². The molecule has 0 amide bonds. The molecule has 0 radical (unpaired) electrons. The summed E-state index contributed by atoms with van der Waals surface area (Å²) >= 11 is 0. The molecular formula is C12H19N5O6S. The van der Waals surface area contributed by atoms with Crippen molar-refractivity contribution in [2.75, 3.05) is 31.6 Å². The van der Waals surface area contributed by atoms with Gasteiger partial charge in [0.2, 0.25) is 10.0 Å². The Hall–Kier alpha value is -2.44. The first kappa shape index (κ1) is 19.6. The Morgan fingerprint density at radius 2 is 2.00 bits per heavy atom. The number of nitrogens with zero attached hydrogens (tertiary/aromatic N) is 2. The topological polar surface area (TPSA) is 172 Å². The normalized spacial score (nSPS) is 15.0. The molecule has 134 valence electrons. The maximum Gasteiger partial charge on any atom is 0.291 e. The van der Waals surface area contributed by atoms with E-state index < -0.39 is 15.1 Å². The fourth-order valence-electron chi connectivity index (χ4n) is 2.04. The number of nitrogens with two attached hydrogens (primary N) is 1. The van der Waals surface area contributed by atoms with E-state index in [1.165, 1.54) is 10.4 Å². The maximum absolute atomic E-state index is 12.6. The van der Waals surface area contributed by atoms with Gasteiger partial charge in [0.1, 0.15) is 0 Å². The molecule has 0 bridgehead atoms. The number of anilines is 1. The van der Waals surface area contributed by atoms with Gasteiger partial charge < -0.3 is 21.0 Å². The maximum atomic E-state index is 12.6. The van der Waals surface area contributed by atoms with E-state index in [4.69, 9.17) is 31.2 Å².